The van der Waals surface area contributed by atoms with Crippen molar-refractivity contribution >= 4 is 21.8 Å². The molecule has 2 aliphatic rings. The maximum absolute atomic E-state index is 12.5. The first-order valence-electron chi connectivity index (χ1n) is 7.47. The zero-order chi connectivity index (χ0) is 14.4. The molecular weight excluding hydrogens is 318 g/mol. The van der Waals surface area contributed by atoms with Gasteiger partial charge in [0.15, 0.2) is 0 Å². The third kappa shape index (κ3) is 2.30. The van der Waals surface area contributed by atoms with Crippen LogP contribution in [0.25, 0.3) is 0 Å². The Labute approximate surface area is 128 Å². The molecule has 2 bridgehead atoms. The quantitative estimate of drug-likeness (QED) is 0.919. The van der Waals surface area contributed by atoms with Gasteiger partial charge in [-0.3, -0.25) is 9.48 Å². The Bertz CT molecular complexity index is 539. The number of carbonyl (C=O) groups is 1. The van der Waals surface area contributed by atoms with Gasteiger partial charge in [-0.15, -0.1) is 0 Å². The van der Waals surface area contributed by atoms with Crippen LogP contribution in [-0.4, -0.2) is 21.7 Å². The van der Waals surface area contributed by atoms with Crippen LogP contribution in [0.3, 0.4) is 0 Å². The molecule has 110 valence electrons. The first kappa shape index (κ1) is 14.1. The van der Waals surface area contributed by atoms with Crippen LogP contribution in [0, 0.1) is 24.7 Å². The summed E-state index contributed by atoms with van der Waals surface area (Å²) in [5, 5.41) is 7.47. The number of nitrogens with one attached hydrogen (secondary N) is 1. The number of halogens is 1. The van der Waals surface area contributed by atoms with Gasteiger partial charge in [-0.05, 0) is 66.8 Å². The first-order chi connectivity index (χ1) is 9.47. The monoisotopic (exact) mass is 339 g/mol. The highest BCUT2D eigenvalue weighted by molar-refractivity contribution is 9.10. The summed E-state index contributed by atoms with van der Waals surface area (Å²) in [7, 11) is 1.81. The predicted molar refractivity (Wildman–Crippen MR) is 81.5 cm³/mol. The Morgan fingerprint density at radius 2 is 2.20 bits per heavy atom. The Hall–Kier alpha value is -0.840. The Morgan fingerprint density at radius 3 is 2.70 bits per heavy atom. The van der Waals surface area contributed by atoms with E-state index >= 15 is 0 Å². The van der Waals surface area contributed by atoms with Crippen molar-refractivity contribution in [2.75, 3.05) is 0 Å². The van der Waals surface area contributed by atoms with E-state index in [1.807, 2.05) is 14.0 Å². The smallest absolute Gasteiger partial charge is 0.270 e. The third-order valence-electron chi connectivity index (χ3n) is 5.16. The van der Waals surface area contributed by atoms with Crippen LogP contribution < -0.4 is 5.32 Å². The van der Waals surface area contributed by atoms with Crippen LogP contribution in [0.1, 0.15) is 48.8 Å². The first-order valence-corrected chi connectivity index (χ1v) is 8.26. The van der Waals surface area contributed by atoms with Crippen LogP contribution in [0.4, 0.5) is 0 Å². The lowest BCUT2D eigenvalue weighted by Crippen LogP contribution is -2.40. The largest absolute Gasteiger partial charge is 0.348 e. The number of nitrogens with zero attached hydrogens (tertiary/aromatic N) is 2. The van der Waals surface area contributed by atoms with Crippen molar-refractivity contribution in [1.82, 2.24) is 15.1 Å². The normalized spacial score (nSPS) is 29.7. The van der Waals surface area contributed by atoms with Gasteiger partial charge in [0.2, 0.25) is 0 Å². The molecule has 2 aliphatic carbocycles. The summed E-state index contributed by atoms with van der Waals surface area (Å²) in [6.45, 7) is 4.06. The molecule has 1 amide bonds. The van der Waals surface area contributed by atoms with Crippen molar-refractivity contribution in [1.29, 1.82) is 0 Å². The van der Waals surface area contributed by atoms with Gasteiger partial charge in [0, 0.05) is 13.1 Å². The number of carbonyl (C=O) groups excluding carboxylic acids is 1. The molecule has 0 aliphatic heterocycles. The number of rotatable bonds is 3. The lowest BCUT2D eigenvalue weighted by molar-refractivity contribution is 0.0905. The highest BCUT2D eigenvalue weighted by Crippen LogP contribution is 2.49. The maximum atomic E-state index is 12.5. The maximum Gasteiger partial charge on any atom is 0.270 e. The number of hydrogen-bond donors (Lipinski definition) is 1. The fourth-order valence-corrected chi connectivity index (χ4v) is 4.68. The van der Waals surface area contributed by atoms with Crippen LogP contribution in [-0.2, 0) is 7.05 Å². The molecule has 0 radical (unpaired) electrons. The number of fused-ring (bicyclic) bond motifs is 2. The topological polar surface area (TPSA) is 46.9 Å². The molecule has 0 spiro atoms. The summed E-state index contributed by atoms with van der Waals surface area (Å²) in [5.74, 6) is 2.38. The summed E-state index contributed by atoms with van der Waals surface area (Å²) in [6, 6.07) is 0.250. The van der Waals surface area contributed by atoms with Gasteiger partial charge in [-0.1, -0.05) is 6.42 Å². The van der Waals surface area contributed by atoms with Crippen molar-refractivity contribution in [3.8, 4) is 0 Å². The summed E-state index contributed by atoms with van der Waals surface area (Å²) >= 11 is 3.46. The van der Waals surface area contributed by atoms with Crippen LogP contribution in [0.2, 0.25) is 0 Å². The summed E-state index contributed by atoms with van der Waals surface area (Å²) in [5.41, 5.74) is 1.47. The standard InChI is InChI=1S/C15H22BrN3O/c1-8(12-7-10-4-5-11(12)6-10)17-15(20)14-13(16)9(2)18-19(14)3/h8,10-12H,4-7H2,1-3H3,(H,17,20)/t8-,10-,11-,12-/m0/s1. The second kappa shape index (κ2) is 5.17. The van der Waals surface area contributed by atoms with Crippen LogP contribution in [0.5, 0.6) is 0 Å². The second-order valence-corrected chi connectivity index (χ2v) is 7.27. The fourth-order valence-electron chi connectivity index (χ4n) is 4.17. The molecule has 2 fully saturated rings. The lowest BCUT2D eigenvalue weighted by atomic mass is 9.84. The highest BCUT2D eigenvalue weighted by atomic mass is 79.9. The molecule has 4 nitrogen and oxygen atoms in total. The van der Waals surface area contributed by atoms with Gasteiger partial charge >= 0.3 is 0 Å². The molecule has 1 heterocycles. The highest BCUT2D eigenvalue weighted by Gasteiger charge is 2.42. The van der Waals surface area contributed by atoms with Crippen LogP contribution in [0.15, 0.2) is 4.47 Å². The van der Waals surface area contributed by atoms with Crippen LogP contribution >= 0.6 is 15.9 Å². The van der Waals surface area contributed by atoms with E-state index in [4.69, 9.17) is 0 Å². The molecule has 20 heavy (non-hydrogen) atoms. The van der Waals surface area contributed by atoms with Crippen molar-refractivity contribution in [2.45, 2.75) is 45.6 Å². The van der Waals surface area contributed by atoms with Gasteiger partial charge < -0.3 is 5.32 Å². The molecule has 0 aromatic carbocycles. The van der Waals surface area contributed by atoms with E-state index in [0.29, 0.717) is 11.6 Å². The van der Waals surface area contributed by atoms with E-state index in [-0.39, 0.29) is 11.9 Å². The SMILES string of the molecule is Cc1nn(C)c(C(=O)N[C@@H](C)[C@@H]2C[C@H]3CC[C@H]2C3)c1Br. The fraction of sp³-hybridized carbons (Fsp3) is 0.733. The number of hydrogen-bond acceptors (Lipinski definition) is 2. The van der Waals surface area contributed by atoms with E-state index in [1.54, 1.807) is 4.68 Å². The molecule has 1 aromatic rings. The minimum atomic E-state index is -0.0183. The number of aryl methyl sites for hydroxylation is 2. The third-order valence-corrected chi connectivity index (χ3v) is 6.11. The van der Waals surface area contributed by atoms with Crippen molar-refractivity contribution in [2.24, 2.45) is 24.8 Å². The lowest BCUT2D eigenvalue weighted by Gasteiger charge is -2.28. The minimum Gasteiger partial charge on any atom is -0.348 e. The zero-order valence-corrected chi connectivity index (χ0v) is 13.9. The Balaban J connectivity index is 1.69. The van der Waals surface area contributed by atoms with Gasteiger partial charge in [0.1, 0.15) is 5.69 Å². The number of aromatic nitrogens is 2. The van der Waals surface area contributed by atoms with Crippen molar-refractivity contribution in [3.63, 3.8) is 0 Å². The van der Waals surface area contributed by atoms with E-state index < -0.39 is 0 Å². The predicted octanol–water partition coefficient (Wildman–Crippen LogP) is 3.05. The molecule has 5 heteroatoms. The Kier molecular flexibility index (Phi) is 3.65. The summed E-state index contributed by atoms with van der Waals surface area (Å²) in [4.78, 5) is 12.5. The summed E-state index contributed by atoms with van der Waals surface area (Å²) < 4.78 is 2.46. The molecule has 1 aromatic heterocycles. The molecule has 0 unspecified atom stereocenters. The van der Waals surface area contributed by atoms with E-state index in [9.17, 15) is 4.79 Å². The van der Waals surface area contributed by atoms with Gasteiger partial charge in [0.05, 0.1) is 10.2 Å². The summed E-state index contributed by atoms with van der Waals surface area (Å²) in [6.07, 6.45) is 5.41. The molecule has 1 N–H and O–H groups in total. The average Bonchev–Trinajstić information content (AvgIpc) is 3.05. The van der Waals surface area contributed by atoms with E-state index in [0.717, 1.165) is 22.0 Å². The van der Waals surface area contributed by atoms with Crippen molar-refractivity contribution in [3.05, 3.63) is 15.9 Å². The van der Waals surface area contributed by atoms with Gasteiger partial charge in [-0.25, -0.2) is 0 Å². The van der Waals surface area contributed by atoms with E-state index in [1.165, 1.54) is 25.7 Å². The molecule has 0 saturated heterocycles. The van der Waals surface area contributed by atoms with Gasteiger partial charge in [0.25, 0.3) is 5.91 Å². The average molecular weight is 340 g/mol. The molecule has 3 rings (SSSR count). The zero-order valence-electron chi connectivity index (χ0n) is 12.3. The Morgan fingerprint density at radius 1 is 1.45 bits per heavy atom. The second-order valence-electron chi connectivity index (χ2n) is 6.47. The molecule has 2 saturated carbocycles. The minimum absolute atomic E-state index is 0.0183. The van der Waals surface area contributed by atoms with E-state index in [2.05, 4.69) is 33.3 Å². The number of amides is 1. The van der Waals surface area contributed by atoms with Gasteiger partial charge in [-0.2, -0.15) is 5.10 Å². The molecular formula is C15H22BrN3O. The van der Waals surface area contributed by atoms with Crippen molar-refractivity contribution < 1.29 is 4.79 Å². The molecule has 4 atom stereocenters.